The van der Waals surface area contributed by atoms with Gasteiger partial charge < -0.3 is 5.73 Å². The van der Waals surface area contributed by atoms with E-state index in [1.54, 1.807) is 0 Å². The Morgan fingerprint density at radius 2 is 1.27 bits per heavy atom. The number of hydrogen-bond donors (Lipinski definition) is 1. The van der Waals surface area contributed by atoms with Gasteiger partial charge in [0.15, 0.2) is 11.6 Å². The van der Waals surface area contributed by atoms with Crippen molar-refractivity contribution in [1.29, 1.82) is 0 Å². The molecule has 0 saturated carbocycles. The third-order valence-corrected chi connectivity index (χ3v) is 1.20. The van der Waals surface area contributed by atoms with Gasteiger partial charge in [-0.2, -0.15) is 8.78 Å². The van der Waals surface area contributed by atoms with Gasteiger partial charge in [-0.25, -0.2) is 8.78 Å². The Kier molecular flexibility index (Phi) is 1.82. The molecule has 3 N–H and O–H groups in total. The van der Waals surface area contributed by atoms with Crippen molar-refractivity contribution in [2.24, 2.45) is 0 Å². The molecule has 0 atom stereocenters. The van der Waals surface area contributed by atoms with E-state index in [0.717, 1.165) is 0 Å². The van der Waals surface area contributed by atoms with Gasteiger partial charge in [0.1, 0.15) is 0 Å². The van der Waals surface area contributed by atoms with Crippen molar-refractivity contribution in [3.8, 4) is 0 Å². The largest absolute Gasteiger partial charge is 0.320 e. The van der Waals surface area contributed by atoms with Crippen LogP contribution in [-0.4, -0.2) is 0 Å². The number of quaternary nitrogens is 1. The van der Waals surface area contributed by atoms with Gasteiger partial charge in [-0.1, -0.05) is 0 Å². The van der Waals surface area contributed by atoms with Gasteiger partial charge in [-0.3, -0.25) is 0 Å². The summed E-state index contributed by atoms with van der Waals surface area (Å²) in [6.45, 7) is 0. The minimum Gasteiger partial charge on any atom is -0.320 e. The molecule has 1 aromatic carbocycles. The fraction of sp³-hybridized carbons (Fsp3) is 0. The Hall–Kier alpha value is -1.10. The molecule has 1 nitrogen and oxygen atoms in total. The number of halogens is 4. The maximum atomic E-state index is 12.3. The van der Waals surface area contributed by atoms with E-state index in [-0.39, 0.29) is 6.07 Å². The molecule has 0 spiro atoms. The summed E-state index contributed by atoms with van der Waals surface area (Å²) in [4.78, 5) is 0. The summed E-state index contributed by atoms with van der Waals surface area (Å²) in [6, 6.07) is 0.138. The molecule has 60 valence electrons. The van der Waals surface area contributed by atoms with E-state index in [9.17, 15) is 17.6 Å². The molecule has 11 heavy (non-hydrogen) atoms. The van der Waals surface area contributed by atoms with Crippen LogP contribution in [0.1, 0.15) is 0 Å². The fourth-order valence-electron chi connectivity index (χ4n) is 0.623. The molecule has 0 saturated heterocycles. The molecule has 0 aliphatic rings. The average Bonchev–Trinajstić information content (AvgIpc) is 1.97. The van der Waals surface area contributed by atoms with Crippen LogP contribution in [0.5, 0.6) is 0 Å². The molecule has 0 bridgehead atoms. The van der Waals surface area contributed by atoms with Gasteiger partial charge >= 0.3 is 0 Å². The fourth-order valence-corrected chi connectivity index (χ4v) is 0.623. The normalized spacial score (nSPS) is 10.3. The van der Waals surface area contributed by atoms with Crippen molar-refractivity contribution >= 4 is 5.69 Å². The van der Waals surface area contributed by atoms with Gasteiger partial charge in [0.2, 0.25) is 17.3 Å². The molecule has 1 rings (SSSR count). The van der Waals surface area contributed by atoms with Crippen LogP contribution >= 0.6 is 0 Å². The van der Waals surface area contributed by atoms with E-state index in [0.29, 0.717) is 0 Å². The average molecular weight is 166 g/mol. The highest BCUT2D eigenvalue weighted by molar-refractivity contribution is 5.33. The lowest BCUT2D eigenvalue weighted by Crippen LogP contribution is -2.43. The zero-order chi connectivity index (χ0) is 8.59. The Morgan fingerprint density at radius 3 is 1.64 bits per heavy atom. The van der Waals surface area contributed by atoms with Crippen molar-refractivity contribution in [1.82, 2.24) is 0 Å². The smallest absolute Gasteiger partial charge is 0.222 e. The molecule has 0 heterocycles. The first-order valence-electron chi connectivity index (χ1n) is 2.69. The SMILES string of the molecule is [NH3+]c1c(F)c(F)cc(F)c1F. The van der Waals surface area contributed by atoms with Crippen LogP contribution in [0.3, 0.4) is 0 Å². The maximum absolute atomic E-state index is 12.3. The van der Waals surface area contributed by atoms with Gasteiger partial charge in [0, 0.05) is 6.07 Å². The maximum Gasteiger partial charge on any atom is 0.222 e. The Morgan fingerprint density at radius 1 is 0.909 bits per heavy atom. The molecule has 0 radical (unpaired) electrons. The topological polar surface area (TPSA) is 27.6 Å². The zero-order valence-corrected chi connectivity index (χ0v) is 5.30. The minimum absolute atomic E-state index is 0.138. The highest BCUT2D eigenvalue weighted by Crippen LogP contribution is 2.18. The third kappa shape index (κ3) is 1.19. The quantitative estimate of drug-likeness (QED) is 0.441. The first kappa shape index (κ1) is 8.00. The lowest BCUT2D eigenvalue weighted by atomic mass is 10.3. The second-order valence-electron chi connectivity index (χ2n) is 1.95. The predicted molar refractivity (Wildman–Crippen MR) is 28.8 cm³/mol. The van der Waals surface area contributed by atoms with E-state index in [2.05, 4.69) is 5.73 Å². The van der Waals surface area contributed by atoms with E-state index in [4.69, 9.17) is 0 Å². The Labute approximate surface area is 59.4 Å². The standard InChI is InChI=1S/C6H3F4N/c7-2-1-3(8)5(10)6(11)4(2)9/h1H,11H2/p+1. The Bertz CT molecular complexity index is 271. The zero-order valence-electron chi connectivity index (χ0n) is 5.30. The third-order valence-electron chi connectivity index (χ3n) is 1.20. The van der Waals surface area contributed by atoms with E-state index < -0.39 is 29.0 Å². The first-order chi connectivity index (χ1) is 5.04. The van der Waals surface area contributed by atoms with Gasteiger partial charge in [0.25, 0.3) is 0 Å². The van der Waals surface area contributed by atoms with Crippen LogP contribution in [0, 0.1) is 23.3 Å². The number of rotatable bonds is 0. The van der Waals surface area contributed by atoms with Gasteiger partial charge in [0.05, 0.1) is 0 Å². The van der Waals surface area contributed by atoms with Crippen molar-refractivity contribution in [2.75, 3.05) is 0 Å². The molecule has 1 aromatic rings. The molecule has 0 fully saturated rings. The van der Waals surface area contributed by atoms with Gasteiger partial charge in [-0.05, 0) is 0 Å². The summed E-state index contributed by atoms with van der Waals surface area (Å²) in [5.74, 6) is -5.78. The highest BCUT2D eigenvalue weighted by Gasteiger charge is 2.18. The van der Waals surface area contributed by atoms with Crippen LogP contribution in [0.4, 0.5) is 23.2 Å². The van der Waals surface area contributed by atoms with Crippen LogP contribution in [0.2, 0.25) is 0 Å². The lowest BCUT2D eigenvalue weighted by Gasteiger charge is -1.96. The molecule has 0 aliphatic heterocycles. The van der Waals surface area contributed by atoms with Crippen molar-refractivity contribution in [2.45, 2.75) is 0 Å². The van der Waals surface area contributed by atoms with Crippen LogP contribution in [0.25, 0.3) is 0 Å². The monoisotopic (exact) mass is 166 g/mol. The lowest BCUT2D eigenvalue weighted by molar-refractivity contribution is -0.263. The van der Waals surface area contributed by atoms with E-state index in [1.807, 2.05) is 0 Å². The molecule has 0 aliphatic carbocycles. The summed E-state index contributed by atoms with van der Waals surface area (Å²) >= 11 is 0. The molecule has 5 heteroatoms. The van der Waals surface area contributed by atoms with E-state index >= 15 is 0 Å². The summed E-state index contributed by atoms with van der Waals surface area (Å²) in [7, 11) is 0. The van der Waals surface area contributed by atoms with Crippen LogP contribution in [-0.2, 0) is 0 Å². The van der Waals surface area contributed by atoms with Crippen molar-refractivity contribution in [3.63, 3.8) is 0 Å². The second-order valence-corrected chi connectivity index (χ2v) is 1.95. The van der Waals surface area contributed by atoms with Crippen molar-refractivity contribution < 1.29 is 23.3 Å². The molecule has 0 aromatic heterocycles. The summed E-state index contributed by atoms with van der Waals surface area (Å²) in [5, 5.41) is 0. The molecule has 0 amide bonds. The van der Waals surface area contributed by atoms with Crippen LogP contribution in [0.15, 0.2) is 6.07 Å². The van der Waals surface area contributed by atoms with Crippen LogP contribution < -0.4 is 5.73 Å². The summed E-state index contributed by atoms with van der Waals surface area (Å²) < 4.78 is 49.1. The van der Waals surface area contributed by atoms with Gasteiger partial charge in [-0.15, -0.1) is 0 Å². The molecular formula is C6H4F4N+. The number of hydrogen-bond acceptors (Lipinski definition) is 0. The predicted octanol–water partition coefficient (Wildman–Crippen LogP) is 1.12. The van der Waals surface area contributed by atoms with Crippen molar-refractivity contribution in [3.05, 3.63) is 29.3 Å². The number of benzene rings is 1. The highest BCUT2D eigenvalue weighted by atomic mass is 19.2. The minimum atomic E-state index is -1.45. The summed E-state index contributed by atoms with van der Waals surface area (Å²) in [5.41, 5.74) is 1.92. The Balaban J connectivity index is 3.46. The first-order valence-corrected chi connectivity index (χ1v) is 2.69. The molecule has 0 unspecified atom stereocenters. The van der Waals surface area contributed by atoms with E-state index in [1.165, 1.54) is 0 Å². The molecular weight excluding hydrogens is 162 g/mol. The summed E-state index contributed by atoms with van der Waals surface area (Å²) in [6.07, 6.45) is 0. The second kappa shape index (κ2) is 2.50.